The van der Waals surface area contributed by atoms with Gasteiger partial charge >= 0.3 is 0 Å². The number of hydrogen-bond acceptors (Lipinski definition) is 5. The topological polar surface area (TPSA) is 76.9 Å². The van der Waals surface area contributed by atoms with Crippen molar-refractivity contribution in [3.63, 3.8) is 0 Å². The second kappa shape index (κ2) is 9.71. The highest BCUT2D eigenvalue weighted by Crippen LogP contribution is 2.73. The number of pyridine rings is 1. The highest BCUT2D eigenvalue weighted by Gasteiger charge is 2.70. The molecule has 2 aromatic heterocycles. The van der Waals surface area contributed by atoms with Crippen molar-refractivity contribution in [1.29, 1.82) is 0 Å². The average molecular weight is 589 g/mol. The average Bonchev–Trinajstić information content (AvgIpc) is 2.89. The van der Waals surface area contributed by atoms with Crippen molar-refractivity contribution >= 4 is 27.3 Å². The Bertz CT molecular complexity index is 1760. The molecule has 0 aliphatic heterocycles. The summed E-state index contributed by atoms with van der Waals surface area (Å²) in [5.41, 5.74) is 0.851. The van der Waals surface area contributed by atoms with Crippen molar-refractivity contribution in [3.8, 4) is 0 Å². The molecule has 2 atom stereocenters. The highest BCUT2D eigenvalue weighted by molar-refractivity contribution is 7.84. The highest BCUT2D eigenvalue weighted by atomic mass is 32.2. The number of alkyl halides is 3. The van der Waals surface area contributed by atoms with E-state index in [1.807, 2.05) is 0 Å². The molecule has 0 amide bonds. The molecule has 6 nitrogen and oxygen atoms in total. The van der Waals surface area contributed by atoms with Crippen LogP contribution >= 0.6 is 0 Å². The monoisotopic (exact) mass is 588 g/mol. The second-order valence-electron chi connectivity index (χ2n) is 11.0. The summed E-state index contributed by atoms with van der Waals surface area (Å²) in [5, 5.41) is 3.40. The molecular weight excluding hydrogens is 563 g/mol. The van der Waals surface area contributed by atoms with Crippen LogP contribution in [0.4, 0.5) is 27.6 Å². The van der Waals surface area contributed by atoms with E-state index in [2.05, 4.69) is 15.3 Å². The summed E-state index contributed by atoms with van der Waals surface area (Å²) < 4.78 is 82.6. The Morgan fingerprint density at radius 2 is 1.68 bits per heavy atom. The zero-order chi connectivity index (χ0) is 29.3. The molecule has 2 bridgehead atoms. The van der Waals surface area contributed by atoms with Gasteiger partial charge in [0.1, 0.15) is 18.3 Å². The van der Waals surface area contributed by atoms with Gasteiger partial charge in [-0.2, -0.15) is 0 Å². The standard InChI is InChI=1S/C29H25F5N4O2S/c1-38-24(29-12-28(13-29,14-29)15-10-35-26(25(33)34)36-11-15)8-18-19(5-17(32)6-20(18)27(38)39)22(9-30)37-21-4-3-16(31)7-23(21)41(2)40/h3-8,10-11,22,25,37H,9,12-14H2,1-2H3/t22-,28?,29?,41?/m1/s1. The van der Waals surface area contributed by atoms with Gasteiger partial charge in [0.05, 0.1) is 32.8 Å². The lowest BCUT2D eigenvalue weighted by Gasteiger charge is -2.71. The molecule has 3 saturated carbocycles. The first-order valence-corrected chi connectivity index (χ1v) is 14.4. The van der Waals surface area contributed by atoms with Crippen LogP contribution in [0, 0.1) is 11.6 Å². The van der Waals surface area contributed by atoms with Crippen LogP contribution in [0.15, 0.2) is 58.5 Å². The summed E-state index contributed by atoms with van der Waals surface area (Å²) in [5.74, 6) is -1.84. The van der Waals surface area contributed by atoms with Gasteiger partial charge in [-0.3, -0.25) is 9.00 Å². The molecule has 4 aromatic rings. The summed E-state index contributed by atoms with van der Waals surface area (Å²) in [6.07, 6.45) is 3.44. The molecule has 3 aliphatic rings. The Labute approximate surface area is 234 Å². The molecule has 1 N–H and O–H groups in total. The predicted molar refractivity (Wildman–Crippen MR) is 144 cm³/mol. The number of rotatable bonds is 8. The summed E-state index contributed by atoms with van der Waals surface area (Å²) in [6, 6.07) is 6.55. The van der Waals surface area contributed by atoms with Gasteiger partial charge in [-0.1, -0.05) is 0 Å². The maximum atomic E-state index is 14.8. The van der Waals surface area contributed by atoms with Crippen LogP contribution in [-0.2, 0) is 28.7 Å². The van der Waals surface area contributed by atoms with Gasteiger partial charge in [-0.15, -0.1) is 0 Å². The number of hydrogen-bond donors (Lipinski definition) is 1. The first kappa shape index (κ1) is 27.5. The normalized spacial score (nSPS) is 22.7. The summed E-state index contributed by atoms with van der Waals surface area (Å²) in [6.45, 7) is -0.987. The summed E-state index contributed by atoms with van der Waals surface area (Å²) >= 11 is 0. The van der Waals surface area contributed by atoms with Crippen LogP contribution in [0.25, 0.3) is 10.8 Å². The third-order valence-electron chi connectivity index (χ3n) is 8.52. The lowest BCUT2D eigenvalue weighted by atomic mass is 9.33. The maximum Gasteiger partial charge on any atom is 0.297 e. The van der Waals surface area contributed by atoms with Gasteiger partial charge in [-0.05, 0) is 72.2 Å². The number of benzene rings is 2. The molecular formula is C29H25F5N4O2S. The Hall–Kier alpha value is -3.67. The number of nitrogens with zero attached hydrogens (tertiary/aromatic N) is 3. The van der Waals surface area contributed by atoms with Crippen molar-refractivity contribution in [2.75, 3.05) is 18.2 Å². The van der Waals surface area contributed by atoms with Crippen LogP contribution in [0.1, 0.15) is 54.4 Å². The van der Waals surface area contributed by atoms with E-state index < -0.39 is 53.0 Å². The summed E-state index contributed by atoms with van der Waals surface area (Å²) in [4.78, 5) is 21.2. The van der Waals surface area contributed by atoms with Gasteiger partial charge < -0.3 is 9.88 Å². The number of fused-ring (bicyclic) bond motifs is 1. The molecule has 214 valence electrons. The van der Waals surface area contributed by atoms with Crippen LogP contribution in [0.5, 0.6) is 0 Å². The van der Waals surface area contributed by atoms with Crippen LogP contribution in [0.2, 0.25) is 0 Å². The molecule has 0 saturated heterocycles. The van der Waals surface area contributed by atoms with E-state index in [0.717, 1.165) is 23.8 Å². The fourth-order valence-electron chi connectivity index (χ4n) is 6.63. The number of halogens is 5. The fraction of sp³-hybridized carbons (Fsp3) is 0.345. The Balaban J connectivity index is 1.38. The first-order valence-electron chi connectivity index (χ1n) is 12.9. The molecule has 3 aliphatic carbocycles. The number of nitrogens with one attached hydrogen (secondary N) is 1. The lowest BCUT2D eigenvalue weighted by molar-refractivity contribution is -0.0750. The molecule has 0 radical (unpaired) electrons. The minimum absolute atomic E-state index is 0.0854. The largest absolute Gasteiger partial charge is 0.375 e. The van der Waals surface area contributed by atoms with Crippen molar-refractivity contribution in [2.45, 2.75) is 47.5 Å². The third kappa shape index (κ3) is 4.34. The fourth-order valence-corrected chi connectivity index (χ4v) is 7.34. The minimum Gasteiger partial charge on any atom is -0.375 e. The van der Waals surface area contributed by atoms with Gasteiger partial charge in [0.15, 0.2) is 5.82 Å². The zero-order valence-corrected chi connectivity index (χ0v) is 22.9. The molecule has 2 aromatic carbocycles. The van der Waals surface area contributed by atoms with Gasteiger partial charge in [0.2, 0.25) is 0 Å². The first-order chi connectivity index (χ1) is 19.5. The minimum atomic E-state index is -2.75. The molecule has 41 heavy (non-hydrogen) atoms. The van der Waals surface area contributed by atoms with Crippen molar-refractivity contribution < 1.29 is 26.2 Å². The molecule has 1 unspecified atom stereocenters. The van der Waals surface area contributed by atoms with Crippen LogP contribution in [0.3, 0.4) is 0 Å². The van der Waals surface area contributed by atoms with Gasteiger partial charge in [0, 0.05) is 42.2 Å². The van der Waals surface area contributed by atoms with E-state index in [9.17, 15) is 31.0 Å². The van der Waals surface area contributed by atoms with Crippen molar-refractivity contribution in [3.05, 3.63) is 93.4 Å². The smallest absolute Gasteiger partial charge is 0.297 e. The van der Waals surface area contributed by atoms with E-state index >= 15 is 0 Å². The van der Waals surface area contributed by atoms with Crippen LogP contribution < -0.4 is 10.9 Å². The van der Waals surface area contributed by atoms with Gasteiger partial charge in [0.25, 0.3) is 12.0 Å². The Kier molecular flexibility index (Phi) is 6.51. The molecule has 2 heterocycles. The van der Waals surface area contributed by atoms with E-state index in [4.69, 9.17) is 0 Å². The zero-order valence-electron chi connectivity index (χ0n) is 22.1. The SMILES string of the molecule is Cn1c(C23CC(c4cnc(C(F)F)nc4)(C2)C3)cc2c([C@@H](CF)Nc3ccc(F)cc3S(C)=O)cc(F)cc2c1=O. The van der Waals surface area contributed by atoms with E-state index in [0.29, 0.717) is 30.3 Å². The second-order valence-corrected chi connectivity index (χ2v) is 12.4. The van der Waals surface area contributed by atoms with Crippen molar-refractivity contribution in [1.82, 2.24) is 14.5 Å². The number of anilines is 1. The molecule has 12 heteroatoms. The third-order valence-corrected chi connectivity index (χ3v) is 9.48. The molecule has 0 spiro atoms. The number of aromatic nitrogens is 3. The molecule has 3 fully saturated rings. The Morgan fingerprint density at radius 3 is 2.29 bits per heavy atom. The maximum absolute atomic E-state index is 14.8. The Morgan fingerprint density at radius 1 is 1.00 bits per heavy atom. The van der Waals surface area contributed by atoms with E-state index in [1.54, 1.807) is 13.1 Å². The van der Waals surface area contributed by atoms with E-state index in [1.165, 1.54) is 35.3 Å². The van der Waals surface area contributed by atoms with E-state index in [-0.39, 0.29) is 32.4 Å². The summed E-state index contributed by atoms with van der Waals surface area (Å²) in [7, 11) is 0.0229. The lowest BCUT2D eigenvalue weighted by Crippen LogP contribution is -2.68. The predicted octanol–water partition coefficient (Wildman–Crippen LogP) is 5.78. The van der Waals surface area contributed by atoms with Crippen molar-refractivity contribution in [2.24, 2.45) is 7.05 Å². The molecule has 7 rings (SSSR count). The quantitative estimate of drug-likeness (QED) is 0.264. The van der Waals surface area contributed by atoms with Gasteiger partial charge in [-0.25, -0.2) is 31.9 Å². The van der Waals surface area contributed by atoms with Crippen LogP contribution in [-0.4, -0.2) is 31.7 Å².